The molecule has 86 valence electrons. The molecule has 0 bridgehead atoms. The van der Waals surface area contributed by atoms with Crippen molar-refractivity contribution >= 4 is 23.3 Å². The number of hydrogen-bond acceptors (Lipinski definition) is 4. The average Bonchev–Trinajstić information content (AvgIpc) is 2.23. The molecule has 0 amide bonds. The summed E-state index contributed by atoms with van der Waals surface area (Å²) in [7, 11) is 1.25. The molecule has 6 heteroatoms. The molecule has 16 heavy (non-hydrogen) atoms. The van der Waals surface area contributed by atoms with Crippen LogP contribution in [0.25, 0.3) is 0 Å². The van der Waals surface area contributed by atoms with E-state index in [9.17, 15) is 14.9 Å². The van der Waals surface area contributed by atoms with Crippen LogP contribution in [-0.2, 0) is 16.0 Å². The maximum Gasteiger partial charge on any atom is 0.310 e. The van der Waals surface area contributed by atoms with Gasteiger partial charge in [0.25, 0.3) is 5.69 Å². The molecule has 1 rings (SSSR count). The number of aryl methyl sites for hydroxylation is 1. The van der Waals surface area contributed by atoms with E-state index in [2.05, 4.69) is 4.74 Å². The maximum absolute atomic E-state index is 11.1. The number of hydrogen-bond donors (Lipinski definition) is 0. The summed E-state index contributed by atoms with van der Waals surface area (Å²) in [4.78, 5) is 21.2. The third-order valence-corrected chi connectivity index (χ3v) is 2.62. The number of carbonyl (C=O) groups excluding carboxylic acids is 1. The van der Waals surface area contributed by atoms with Crippen LogP contribution in [-0.4, -0.2) is 18.0 Å². The second-order valence-corrected chi connectivity index (χ2v) is 3.58. The normalized spacial score (nSPS) is 9.94. The Balaban J connectivity index is 3.21. The number of benzene rings is 1. The van der Waals surface area contributed by atoms with Gasteiger partial charge in [-0.15, -0.1) is 0 Å². The van der Waals surface area contributed by atoms with Gasteiger partial charge < -0.3 is 4.74 Å². The molecule has 0 aliphatic rings. The maximum atomic E-state index is 11.1. The summed E-state index contributed by atoms with van der Waals surface area (Å²) >= 11 is 5.86. The number of esters is 1. The summed E-state index contributed by atoms with van der Waals surface area (Å²) in [5.74, 6) is -0.481. The first-order chi connectivity index (χ1) is 7.47. The predicted octanol–water partition coefficient (Wildman–Crippen LogP) is 2.27. The molecule has 0 atom stereocenters. The van der Waals surface area contributed by atoms with E-state index in [1.54, 1.807) is 13.0 Å². The number of nitro groups is 1. The molecular weight excluding hydrogens is 234 g/mol. The fourth-order valence-electron chi connectivity index (χ4n) is 1.28. The molecule has 0 spiro atoms. The molecule has 0 saturated heterocycles. The Kier molecular flexibility index (Phi) is 3.84. The van der Waals surface area contributed by atoms with Gasteiger partial charge in [0.1, 0.15) is 5.02 Å². The molecule has 1 aromatic rings. The van der Waals surface area contributed by atoms with Gasteiger partial charge in [-0.2, -0.15) is 0 Å². The Bertz CT molecular complexity index is 445. The van der Waals surface area contributed by atoms with Crippen LogP contribution in [0.15, 0.2) is 12.1 Å². The van der Waals surface area contributed by atoms with Gasteiger partial charge in [0.2, 0.25) is 0 Å². The number of ether oxygens (including phenoxy) is 1. The van der Waals surface area contributed by atoms with Crippen LogP contribution in [0.3, 0.4) is 0 Å². The number of halogens is 1. The van der Waals surface area contributed by atoms with Crippen LogP contribution >= 0.6 is 11.6 Å². The van der Waals surface area contributed by atoms with Gasteiger partial charge in [0.05, 0.1) is 18.5 Å². The molecule has 5 nitrogen and oxygen atoms in total. The predicted molar refractivity (Wildman–Crippen MR) is 58.6 cm³/mol. The Labute approximate surface area is 97.1 Å². The van der Waals surface area contributed by atoms with Crippen LogP contribution < -0.4 is 0 Å². The van der Waals surface area contributed by atoms with E-state index < -0.39 is 10.9 Å². The SMILES string of the molecule is COC(=O)Cc1c(C)ccc([N+](=O)[O-])c1Cl. The Hall–Kier alpha value is -1.62. The minimum Gasteiger partial charge on any atom is -0.469 e. The van der Waals surface area contributed by atoms with Crippen LogP contribution in [0.4, 0.5) is 5.69 Å². The van der Waals surface area contributed by atoms with Gasteiger partial charge in [0.15, 0.2) is 0 Å². The zero-order valence-corrected chi connectivity index (χ0v) is 9.58. The molecule has 0 aliphatic carbocycles. The van der Waals surface area contributed by atoms with Crippen molar-refractivity contribution in [2.75, 3.05) is 7.11 Å². The third-order valence-electron chi connectivity index (χ3n) is 2.20. The first-order valence-corrected chi connectivity index (χ1v) is 4.84. The lowest BCUT2D eigenvalue weighted by molar-refractivity contribution is -0.384. The Morgan fingerprint density at radius 3 is 2.69 bits per heavy atom. The van der Waals surface area contributed by atoms with Crippen molar-refractivity contribution in [1.82, 2.24) is 0 Å². The van der Waals surface area contributed by atoms with E-state index in [0.717, 1.165) is 5.56 Å². The molecule has 0 saturated carbocycles. The van der Waals surface area contributed by atoms with E-state index in [1.165, 1.54) is 13.2 Å². The monoisotopic (exact) mass is 243 g/mol. The summed E-state index contributed by atoms with van der Waals surface area (Å²) in [6.07, 6.45) is -0.0666. The quantitative estimate of drug-likeness (QED) is 0.464. The van der Waals surface area contributed by atoms with Crippen molar-refractivity contribution in [3.8, 4) is 0 Å². The fourth-order valence-corrected chi connectivity index (χ4v) is 1.63. The van der Waals surface area contributed by atoms with Crippen LogP contribution in [0.2, 0.25) is 5.02 Å². The number of carbonyl (C=O) groups is 1. The largest absolute Gasteiger partial charge is 0.469 e. The highest BCUT2D eigenvalue weighted by Gasteiger charge is 2.19. The average molecular weight is 244 g/mol. The van der Waals surface area contributed by atoms with E-state index in [0.29, 0.717) is 5.56 Å². The van der Waals surface area contributed by atoms with Gasteiger partial charge in [-0.3, -0.25) is 14.9 Å². The summed E-state index contributed by atoms with van der Waals surface area (Å²) < 4.78 is 4.50. The Morgan fingerprint density at radius 2 is 2.19 bits per heavy atom. The second kappa shape index (κ2) is 4.94. The molecule has 0 aromatic heterocycles. The highest BCUT2D eigenvalue weighted by atomic mass is 35.5. The topological polar surface area (TPSA) is 69.4 Å². The van der Waals surface area contributed by atoms with E-state index in [4.69, 9.17) is 11.6 Å². The summed E-state index contributed by atoms with van der Waals surface area (Å²) in [6.45, 7) is 1.73. The molecule has 0 unspecified atom stereocenters. The minimum atomic E-state index is -0.581. The molecule has 0 fully saturated rings. The lowest BCUT2D eigenvalue weighted by Crippen LogP contribution is -2.07. The highest BCUT2D eigenvalue weighted by Crippen LogP contribution is 2.30. The summed E-state index contributed by atoms with van der Waals surface area (Å²) in [5.41, 5.74) is 0.954. The zero-order chi connectivity index (χ0) is 12.3. The zero-order valence-electron chi connectivity index (χ0n) is 8.82. The second-order valence-electron chi connectivity index (χ2n) is 3.20. The highest BCUT2D eigenvalue weighted by molar-refractivity contribution is 6.33. The third kappa shape index (κ3) is 2.49. The van der Waals surface area contributed by atoms with Gasteiger partial charge in [-0.1, -0.05) is 17.7 Å². The van der Waals surface area contributed by atoms with Crippen molar-refractivity contribution in [3.05, 3.63) is 38.4 Å². The summed E-state index contributed by atoms with van der Waals surface area (Å²) in [6, 6.07) is 2.88. The van der Waals surface area contributed by atoms with Crippen molar-refractivity contribution in [3.63, 3.8) is 0 Å². The summed E-state index contributed by atoms with van der Waals surface area (Å²) in [5, 5.41) is 10.6. The van der Waals surface area contributed by atoms with Crippen LogP contribution in [0, 0.1) is 17.0 Å². The lowest BCUT2D eigenvalue weighted by Gasteiger charge is -2.07. The van der Waals surface area contributed by atoms with E-state index >= 15 is 0 Å². The van der Waals surface area contributed by atoms with Crippen molar-refractivity contribution in [1.29, 1.82) is 0 Å². The standard InChI is InChI=1S/C10H10ClNO4/c1-6-3-4-8(12(14)15)10(11)7(6)5-9(13)16-2/h3-4H,5H2,1-2H3. The van der Waals surface area contributed by atoms with Crippen molar-refractivity contribution in [2.45, 2.75) is 13.3 Å². The molecule has 1 aromatic carbocycles. The molecule has 0 radical (unpaired) electrons. The smallest absolute Gasteiger partial charge is 0.310 e. The van der Waals surface area contributed by atoms with Crippen LogP contribution in [0.1, 0.15) is 11.1 Å². The van der Waals surface area contributed by atoms with Crippen LogP contribution in [0.5, 0.6) is 0 Å². The number of methoxy groups -OCH3 is 1. The number of rotatable bonds is 3. The van der Waals surface area contributed by atoms with Gasteiger partial charge in [0, 0.05) is 6.07 Å². The van der Waals surface area contributed by atoms with Gasteiger partial charge in [-0.25, -0.2) is 0 Å². The fraction of sp³-hybridized carbons (Fsp3) is 0.300. The van der Waals surface area contributed by atoms with E-state index in [1.807, 2.05) is 0 Å². The van der Waals surface area contributed by atoms with Crippen molar-refractivity contribution in [2.24, 2.45) is 0 Å². The first-order valence-electron chi connectivity index (χ1n) is 4.46. The molecule has 0 N–H and O–H groups in total. The Morgan fingerprint density at radius 1 is 1.56 bits per heavy atom. The number of nitro benzene ring substituents is 1. The van der Waals surface area contributed by atoms with Gasteiger partial charge >= 0.3 is 5.97 Å². The lowest BCUT2D eigenvalue weighted by atomic mass is 10.0. The van der Waals surface area contributed by atoms with E-state index in [-0.39, 0.29) is 17.1 Å². The molecular formula is C10H10ClNO4. The van der Waals surface area contributed by atoms with Crippen molar-refractivity contribution < 1.29 is 14.5 Å². The molecule has 0 heterocycles. The minimum absolute atomic E-state index is 0.00426. The first kappa shape index (κ1) is 12.4. The molecule has 0 aliphatic heterocycles. The number of nitrogens with zero attached hydrogens (tertiary/aromatic N) is 1. The van der Waals surface area contributed by atoms with Gasteiger partial charge in [-0.05, 0) is 18.1 Å².